The van der Waals surface area contributed by atoms with Gasteiger partial charge in [0.25, 0.3) is 5.91 Å². The first kappa shape index (κ1) is 20.5. The fraction of sp³-hybridized carbons (Fsp3) is 0.500. The summed E-state index contributed by atoms with van der Waals surface area (Å²) < 4.78 is 4.98. The number of fused-ring (bicyclic) bond motifs is 5. The van der Waals surface area contributed by atoms with E-state index in [2.05, 4.69) is 37.2 Å². The van der Waals surface area contributed by atoms with Crippen molar-refractivity contribution < 1.29 is 23.9 Å². The summed E-state index contributed by atoms with van der Waals surface area (Å²) >= 11 is 7.25. The second-order valence-electron chi connectivity index (χ2n) is 7.84. The van der Waals surface area contributed by atoms with Crippen molar-refractivity contribution in [2.75, 3.05) is 18.5 Å². The predicted octanol–water partition coefficient (Wildman–Crippen LogP) is 2.25. The van der Waals surface area contributed by atoms with E-state index in [0.717, 1.165) is 16.9 Å². The van der Waals surface area contributed by atoms with E-state index >= 15 is 0 Å². The summed E-state index contributed by atoms with van der Waals surface area (Å²) in [5.41, 5.74) is 1.59. The van der Waals surface area contributed by atoms with E-state index in [1.807, 2.05) is 13.0 Å². The number of hydrogen-bond donors (Lipinski definition) is 1. The van der Waals surface area contributed by atoms with Gasteiger partial charge in [0.15, 0.2) is 6.61 Å². The van der Waals surface area contributed by atoms with Crippen LogP contribution in [0.25, 0.3) is 0 Å². The van der Waals surface area contributed by atoms with Crippen LogP contribution in [0.1, 0.15) is 12.0 Å². The summed E-state index contributed by atoms with van der Waals surface area (Å²) in [6, 6.07) is 7.23. The fourth-order valence-electron chi connectivity index (χ4n) is 4.81. The summed E-state index contributed by atoms with van der Waals surface area (Å²) in [5, 5.41) is 2.64. The Hall–Kier alpha value is -1.74. The second-order valence-corrected chi connectivity index (χ2v) is 9.96. The molecule has 1 heterocycles. The Bertz CT molecular complexity index is 859. The number of nitrogens with zero attached hydrogens (tertiary/aromatic N) is 1. The largest absolute Gasteiger partial charge is 0.454 e. The number of aryl methyl sites for hydroxylation is 1. The number of nitrogens with one attached hydrogen (secondary N) is 1. The van der Waals surface area contributed by atoms with Crippen LogP contribution in [-0.4, -0.2) is 51.4 Å². The van der Waals surface area contributed by atoms with Gasteiger partial charge < -0.3 is 10.1 Å². The van der Waals surface area contributed by atoms with Gasteiger partial charge in [0.05, 0.1) is 11.8 Å². The molecule has 0 radical (unpaired) electrons. The molecule has 29 heavy (non-hydrogen) atoms. The van der Waals surface area contributed by atoms with Crippen molar-refractivity contribution in [2.24, 2.45) is 23.7 Å². The lowest BCUT2D eigenvalue weighted by Crippen LogP contribution is -2.38. The molecule has 0 unspecified atom stereocenters. The maximum absolute atomic E-state index is 12.8. The number of benzene rings is 1. The molecule has 2 bridgehead atoms. The van der Waals surface area contributed by atoms with Crippen molar-refractivity contribution in [3.8, 4) is 0 Å². The number of esters is 1. The molecule has 3 aliphatic rings. The smallest absolute Gasteiger partial charge is 0.326 e. The number of imide groups is 1. The van der Waals surface area contributed by atoms with Crippen LogP contribution >= 0.6 is 31.9 Å². The molecule has 3 fully saturated rings. The molecule has 1 saturated heterocycles. The zero-order valence-electron chi connectivity index (χ0n) is 15.6. The normalized spacial score (nSPS) is 32.4. The number of alkyl halides is 2. The molecule has 1 aromatic carbocycles. The van der Waals surface area contributed by atoms with Crippen molar-refractivity contribution in [1.29, 1.82) is 0 Å². The molecule has 4 rings (SSSR count). The molecule has 2 aliphatic carbocycles. The van der Waals surface area contributed by atoms with Crippen molar-refractivity contribution >= 4 is 61.2 Å². The molecule has 1 aliphatic heterocycles. The maximum Gasteiger partial charge on any atom is 0.326 e. The first-order chi connectivity index (χ1) is 13.8. The maximum atomic E-state index is 12.8. The second kappa shape index (κ2) is 7.83. The molecule has 1 aromatic rings. The molecular weight excluding hydrogens is 508 g/mol. The minimum atomic E-state index is -0.774. The molecule has 0 spiro atoms. The van der Waals surface area contributed by atoms with Gasteiger partial charge in [-0.15, -0.1) is 0 Å². The topological polar surface area (TPSA) is 92.8 Å². The summed E-state index contributed by atoms with van der Waals surface area (Å²) in [6.45, 7) is 0.965. The Kier molecular flexibility index (Phi) is 5.54. The van der Waals surface area contributed by atoms with Gasteiger partial charge in [0, 0.05) is 15.3 Å². The summed E-state index contributed by atoms with van der Waals surface area (Å²) in [6.07, 6.45) is 0.829. The number of carbonyl (C=O) groups is 4. The van der Waals surface area contributed by atoms with Crippen LogP contribution in [0, 0.1) is 30.6 Å². The van der Waals surface area contributed by atoms with Gasteiger partial charge >= 0.3 is 5.97 Å². The highest BCUT2D eigenvalue weighted by atomic mass is 79.9. The van der Waals surface area contributed by atoms with Gasteiger partial charge in [0.2, 0.25) is 11.8 Å². The monoisotopic (exact) mass is 526 g/mol. The highest BCUT2D eigenvalue weighted by Gasteiger charge is 2.66. The Morgan fingerprint density at radius 1 is 1.14 bits per heavy atom. The van der Waals surface area contributed by atoms with Crippen molar-refractivity contribution in [2.45, 2.75) is 23.0 Å². The highest BCUT2D eigenvalue weighted by molar-refractivity contribution is 9.12. The molecule has 3 amide bonds. The molecular formula is C20H20Br2N2O5. The third-order valence-corrected chi connectivity index (χ3v) is 9.24. The predicted molar refractivity (Wildman–Crippen MR) is 111 cm³/mol. The van der Waals surface area contributed by atoms with Gasteiger partial charge in [-0.05, 0) is 42.9 Å². The summed E-state index contributed by atoms with van der Waals surface area (Å²) in [7, 11) is 0. The third kappa shape index (κ3) is 3.63. The third-order valence-electron chi connectivity index (χ3n) is 6.03. The lowest BCUT2D eigenvalue weighted by molar-refractivity contribution is -0.154. The zero-order chi connectivity index (χ0) is 20.9. The summed E-state index contributed by atoms with van der Waals surface area (Å²) in [4.78, 5) is 51.0. The number of anilines is 1. The number of ether oxygens (including phenoxy) is 1. The van der Waals surface area contributed by atoms with Gasteiger partial charge in [0.1, 0.15) is 6.54 Å². The van der Waals surface area contributed by atoms with E-state index in [1.54, 1.807) is 18.2 Å². The van der Waals surface area contributed by atoms with Gasteiger partial charge in [-0.2, -0.15) is 0 Å². The fourth-order valence-corrected chi connectivity index (χ4v) is 6.68. The molecule has 2 saturated carbocycles. The Labute approximate surface area is 184 Å². The molecule has 154 valence electrons. The van der Waals surface area contributed by atoms with Crippen LogP contribution in [-0.2, 0) is 23.9 Å². The molecule has 1 N–H and O–H groups in total. The van der Waals surface area contributed by atoms with E-state index in [9.17, 15) is 19.2 Å². The van der Waals surface area contributed by atoms with Crippen LogP contribution < -0.4 is 5.32 Å². The molecule has 7 nitrogen and oxygen atoms in total. The lowest BCUT2D eigenvalue weighted by atomic mass is 9.81. The van der Waals surface area contributed by atoms with Gasteiger partial charge in [-0.25, -0.2) is 0 Å². The molecule has 6 atom stereocenters. The number of carbonyl (C=O) groups excluding carboxylic acids is 4. The number of likely N-dealkylation sites (tertiary alicyclic amines) is 1. The van der Waals surface area contributed by atoms with E-state index in [-0.39, 0.29) is 45.1 Å². The SMILES string of the molecule is Cc1cccc(NC(=O)COC(=O)CN2C(=O)[C@@H]3[C@H]4C[C@@H]([C@H](Br)[C@H]4Br)[C@@H]3C2=O)c1. The first-order valence-corrected chi connectivity index (χ1v) is 11.3. The van der Waals surface area contributed by atoms with Crippen LogP contribution in [0.3, 0.4) is 0 Å². The Balaban J connectivity index is 1.32. The highest BCUT2D eigenvalue weighted by Crippen LogP contribution is 2.60. The van der Waals surface area contributed by atoms with Crippen LogP contribution in [0.2, 0.25) is 0 Å². The van der Waals surface area contributed by atoms with Gasteiger partial charge in [-0.3, -0.25) is 24.1 Å². The van der Waals surface area contributed by atoms with Crippen LogP contribution in [0.5, 0.6) is 0 Å². The number of halogens is 2. The van der Waals surface area contributed by atoms with E-state index in [1.165, 1.54) is 0 Å². The zero-order valence-corrected chi connectivity index (χ0v) is 18.8. The van der Waals surface area contributed by atoms with Crippen LogP contribution in [0.4, 0.5) is 5.69 Å². The number of amides is 3. The van der Waals surface area contributed by atoms with E-state index < -0.39 is 25.0 Å². The minimum Gasteiger partial charge on any atom is -0.454 e. The van der Waals surface area contributed by atoms with Crippen molar-refractivity contribution in [3.05, 3.63) is 29.8 Å². The van der Waals surface area contributed by atoms with Crippen molar-refractivity contribution in [1.82, 2.24) is 4.90 Å². The van der Waals surface area contributed by atoms with E-state index in [0.29, 0.717) is 5.69 Å². The first-order valence-electron chi connectivity index (χ1n) is 9.43. The Morgan fingerprint density at radius 3 is 2.34 bits per heavy atom. The van der Waals surface area contributed by atoms with E-state index in [4.69, 9.17) is 4.74 Å². The minimum absolute atomic E-state index is 0.0898. The Morgan fingerprint density at radius 2 is 1.76 bits per heavy atom. The average Bonchev–Trinajstić information content (AvgIpc) is 3.27. The standard InChI is InChI=1S/C20H20Br2N2O5/c1-9-3-2-4-10(5-9)23-13(25)8-29-14(26)7-24-19(27)15-11-6-12(16(15)20(24)28)18(22)17(11)21/h2-5,11-12,15-18H,6-8H2,1H3,(H,23,25)/t11-,12-,15-,16+,17+,18+/m1/s1. The van der Waals surface area contributed by atoms with Gasteiger partial charge in [-0.1, -0.05) is 44.0 Å². The molecule has 9 heteroatoms. The van der Waals surface area contributed by atoms with Crippen molar-refractivity contribution in [3.63, 3.8) is 0 Å². The quantitative estimate of drug-likeness (QED) is 0.360. The average molecular weight is 528 g/mol. The number of hydrogen-bond acceptors (Lipinski definition) is 5. The number of rotatable bonds is 5. The molecule has 0 aromatic heterocycles. The summed E-state index contributed by atoms with van der Waals surface area (Å²) in [5.74, 6) is -2.44. The lowest BCUT2D eigenvalue weighted by Gasteiger charge is -2.28. The van der Waals surface area contributed by atoms with Crippen LogP contribution in [0.15, 0.2) is 24.3 Å².